The van der Waals surface area contributed by atoms with E-state index in [0.717, 1.165) is 29.3 Å². The van der Waals surface area contributed by atoms with Gasteiger partial charge in [0.2, 0.25) is 0 Å². The van der Waals surface area contributed by atoms with Crippen LogP contribution in [0.5, 0.6) is 0 Å². The molecule has 1 atom stereocenters. The first-order chi connectivity index (χ1) is 31.0. The maximum Gasteiger partial charge on any atom is 0.338 e. The molecule has 6 aromatic rings. The molecular formula is C47H48ClF2N7O6S2. The molecular weight excluding hydrogens is 896 g/mol. The van der Waals surface area contributed by atoms with Crippen molar-refractivity contribution >= 4 is 67.8 Å². The van der Waals surface area contributed by atoms with E-state index >= 15 is 8.78 Å². The average molecular weight is 945 g/mol. The van der Waals surface area contributed by atoms with Crippen molar-refractivity contribution in [3.8, 4) is 22.4 Å². The van der Waals surface area contributed by atoms with Crippen molar-refractivity contribution in [2.24, 2.45) is 7.05 Å². The predicted octanol–water partition coefficient (Wildman–Crippen LogP) is 9.86. The number of benzene rings is 5. The van der Waals surface area contributed by atoms with Crippen LogP contribution in [0.2, 0.25) is 5.02 Å². The largest absolute Gasteiger partial charge is 0.478 e. The summed E-state index contributed by atoms with van der Waals surface area (Å²) in [6.07, 6.45) is 0.698. The molecule has 1 aromatic heterocycles. The van der Waals surface area contributed by atoms with Gasteiger partial charge in [-0.2, -0.15) is 0 Å². The Morgan fingerprint density at radius 3 is 2.22 bits per heavy atom. The Bertz CT molecular complexity index is 2810. The van der Waals surface area contributed by atoms with Crippen LogP contribution < -0.4 is 19.8 Å². The van der Waals surface area contributed by atoms with Gasteiger partial charge in [-0.05, 0) is 112 Å². The summed E-state index contributed by atoms with van der Waals surface area (Å²) in [4.78, 5) is 30.9. The number of anilines is 4. The van der Waals surface area contributed by atoms with Gasteiger partial charge in [-0.3, -0.25) is 14.8 Å². The molecule has 0 unspecified atom stereocenters. The molecule has 2 heterocycles. The van der Waals surface area contributed by atoms with Gasteiger partial charge in [0.15, 0.2) is 5.82 Å². The Kier molecular flexibility index (Phi) is 14.4. The Hall–Kier alpha value is -6.14. The van der Waals surface area contributed by atoms with Gasteiger partial charge in [-0.1, -0.05) is 41.9 Å². The molecule has 1 saturated heterocycles. The molecule has 0 saturated carbocycles. The van der Waals surface area contributed by atoms with Gasteiger partial charge in [0.05, 0.1) is 32.3 Å². The molecule has 0 spiro atoms. The fourth-order valence-corrected chi connectivity index (χ4v) is 10.1. The average Bonchev–Trinajstić information content (AvgIpc) is 3.54. The van der Waals surface area contributed by atoms with Gasteiger partial charge in [-0.25, -0.2) is 22.0 Å². The van der Waals surface area contributed by atoms with E-state index in [1.54, 1.807) is 83.7 Å². The number of piperazine rings is 1. The second-order valence-electron chi connectivity index (χ2n) is 15.9. The molecule has 0 amide bonds. The number of aromatic carboxylic acids is 1. The molecule has 3 N–H and O–H groups in total. The first kappa shape index (κ1) is 46.8. The number of thioether (sulfide) groups is 1. The van der Waals surface area contributed by atoms with E-state index in [2.05, 4.69) is 10.0 Å². The minimum Gasteiger partial charge on any atom is -0.478 e. The van der Waals surface area contributed by atoms with Gasteiger partial charge in [0, 0.05) is 83.6 Å². The molecule has 7 rings (SSSR count). The number of halogens is 3. The molecule has 1 aliphatic heterocycles. The third-order valence-electron chi connectivity index (χ3n) is 11.4. The number of carboxylic acids is 1. The summed E-state index contributed by atoms with van der Waals surface area (Å²) in [5.41, 5.74) is 1.51. The van der Waals surface area contributed by atoms with Crippen molar-refractivity contribution in [3.63, 3.8) is 0 Å². The standard InChI is InChI=1S/C47H48ClF2N7O6S2/c1-30-42(47(58)59)44(46(54(30)4)31-10-12-32(48)13-11-31)43-38(49)19-21-40(45(43)50)56-26-24-55(25-27-56)35-16-14-33(15-17-35)52-65(62,63)37-18-20-39(41(28-37)57(60)61)51-34(22-23-53(2)3)29-64-36-8-6-5-7-9-36/h5-21,28,34,51-52H,22-27,29H2,1-4H3,(H,58,59)/t34-/m1/s1. The number of carboxylic acid groups (broad SMARTS) is 1. The van der Waals surface area contributed by atoms with Crippen LogP contribution in [0.15, 0.2) is 119 Å². The minimum absolute atomic E-state index is 0.0630. The number of aromatic nitrogens is 1. The fourth-order valence-electron chi connectivity index (χ4n) is 7.92. The lowest BCUT2D eigenvalue weighted by Crippen LogP contribution is -2.46. The van der Waals surface area contributed by atoms with Crippen LogP contribution in [0.1, 0.15) is 22.5 Å². The number of nitrogens with one attached hydrogen (secondary N) is 2. The number of rotatable bonds is 17. The van der Waals surface area contributed by atoms with Gasteiger partial charge < -0.3 is 29.7 Å². The van der Waals surface area contributed by atoms with Crippen LogP contribution in [-0.4, -0.2) is 92.5 Å². The highest BCUT2D eigenvalue weighted by atomic mass is 35.5. The van der Waals surface area contributed by atoms with E-state index in [1.165, 1.54) is 18.2 Å². The SMILES string of the molecule is Cc1c(C(=O)O)c(-c2c(F)ccc(N3CCN(c4ccc(NS(=O)(=O)c5ccc(N[C@H](CCN(C)C)CSc6ccccc6)c([N+](=O)[O-])c5)cc4)CC3)c2F)c(-c2ccc(Cl)cc2)n1C. The van der Waals surface area contributed by atoms with Crippen molar-refractivity contribution in [1.29, 1.82) is 0 Å². The number of nitro benzene ring substituents is 1. The van der Waals surface area contributed by atoms with Crippen molar-refractivity contribution in [2.75, 3.05) is 72.4 Å². The first-order valence-electron chi connectivity index (χ1n) is 20.7. The number of sulfonamides is 1. The molecule has 65 heavy (non-hydrogen) atoms. The molecule has 0 radical (unpaired) electrons. The van der Waals surface area contributed by atoms with Crippen LogP contribution in [0, 0.1) is 28.7 Å². The van der Waals surface area contributed by atoms with Gasteiger partial charge >= 0.3 is 5.97 Å². The number of hydrogen-bond acceptors (Lipinski definition) is 10. The number of carbonyl (C=O) groups is 1. The zero-order valence-electron chi connectivity index (χ0n) is 36.1. The molecule has 340 valence electrons. The molecule has 0 aliphatic carbocycles. The quantitative estimate of drug-likeness (QED) is 0.0455. The summed E-state index contributed by atoms with van der Waals surface area (Å²) in [5.74, 6) is -2.46. The van der Waals surface area contributed by atoms with Crippen molar-refractivity contribution < 1.29 is 32.0 Å². The highest BCUT2D eigenvalue weighted by Gasteiger charge is 2.32. The van der Waals surface area contributed by atoms with Crippen molar-refractivity contribution in [2.45, 2.75) is 29.2 Å². The van der Waals surface area contributed by atoms with E-state index in [0.29, 0.717) is 60.3 Å². The van der Waals surface area contributed by atoms with Crippen LogP contribution >= 0.6 is 23.4 Å². The summed E-state index contributed by atoms with van der Waals surface area (Å²) in [6, 6.07) is 29.3. The van der Waals surface area contributed by atoms with Crippen molar-refractivity contribution in [1.82, 2.24) is 9.47 Å². The third-order valence-corrected chi connectivity index (χ3v) is 14.2. The monoisotopic (exact) mass is 943 g/mol. The summed E-state index contributed by atoms with van der Waals surface area (Å²) in [5, 5.41) is 26.3. The van der Waals surface area contributed by atoms with E-state index in [9.17, 15) is 28.4 Å². The number of hydrogen-bond donors (Lipinski definition) is 3. The highest BCUT2D eigenvalue weighted by Crippen LogP contribution is 2.43. The molecule has 0 bridgehead atoms. The summed E-state index contributed by atoms with van der Waals surface area (Å²) < 4.78 is 63.8. The maximum absolute atomic E-state index is 16.7. The van der Waals surface area contributed by atoms with E-state index in [4.69, 9.17) is 11.6 Å². The summed E-state index contributed by atoms with van der Waals surface area (Å²) >= 11 is 7.75. The number of nitro groups is 1. The summed E-state index contributed by atoms with van der Waals surface area (Å²) in [6.45, 7) is 3.88. The fraction of sp³-hybridized carbons (Fsp3) is 0.255. The zero-order valence-corrected chi connectivity index (χ0v) is 38.5. The maximum atomic E-state index is 16.7. The Labute approximate surface area is 385 Å². The zero-order chi connectivity index (χ0) is 46.6. The lowest BCUT2D eigenvalue weighted by atomic mass is 9.95. The highest BCUT2D eigenvalue weighted by molar-refractivity contribution is 7.99. The van der Waals surface area contributed by atoms with Gasteiger partial charge in [0.1, 0.15) is 11.5 Å². The summed E-state index contributed by atoms with van der Waals surface area (Å²) in [7, 11) is 1.32. The second-order valence-corrected chi connectivity index (χ2v) is 19.1. The van der Waals surface area contributed by atoms with E-state index < -0.39 is 38.1 Å². The van der Waals surface area contributed by atoms with E-state index in [-0.39, 0.29) is 44.8 Å². The Morgan fingerprint density at radius 1 is 0.923 bits per heavy atom. The molecule has 18 heteroatoms. The molecule has 5 aromatic carbocycles. The molecule has 13 nitrogen and oxygen atoms in total. The molecule has 1 aliphatic rings. The van der Waals surface area contributed by atoms with E-state index in [1.807, 2.05) is 54.2 Å². The van der Waals surface area contributed by atoms with Crippen LogP contribution in [-0.2, 0) is 17.1 Å². The normalized spacial score (nSPS) is 13.5. The second kappa shape index (κ2) is 19.9. The Balaban J connectivity index is 1.04. The third kappa shape index (κ3) is 10.5. The van der Waals surface area contributed by atoms with Crippen LogP contribution in [0.25, 0.3) is 22.4 Å². The van der Waals surface area contributed by atoms with Gasteiger partial charge in [-0.15, -0.1) is 11.8 Å². The lowest BCUT2D eigenvalue weighted by Gasteiger charge is -2.37. The predicted molar refractivity (Wildman–Crippen MR) is 255 cm³/mol. The molecule has 1 fully saturated rings. The Morgan fingerprint density at radius 2 is 1.58 bits per heavy atom. The van der Waals surface area contributed by atoms with Crippen LogP contribution in [0.4, 0.5) is 37.2 Å². The topological polar surface area (TPSA) is 153 Å². The first-order valence-corrected chi connectivity index (χ1v) is 23.5. The number of nitrogens with zero attached hydrogens (tertiary/aromatic N) is 5. The van der Waals surface area contributed by atoms with Gasteiger partial charge in [0.25, 0.3) is 15.7 Å². The smallest absolute Gasteiger partial charge is 0.338 e. The van der Waals surface area contributed by atoms with Crippen LogP contribution in [0.3, 0.4) is 0 Å². The minimum atomic E-state index is -4.23. The van der Waals surface area contributed by atoms with Crippen molar-refractivity contribution in [3.05, 3.63) is 147 Å². The lowest BCUT2D eigenvalue weighted by molar-refractivity contribution is -0.384.